The zero-order valence-electron chi connectivity index (χ0n) is 8.65. The van der Waals surface area contributed by atoms with Crippen molar-refractivity contribution in [3.63, 3.8) is 0 Å². The van der Waals surface area contributed by atoms with Gasteiger partial charge in [-0.15, -0.1) is 0 Å². The number of halogens is 2. The van der Waals surface area contributed by atoms with E-state index >= 15 is 0 Å². The van der Waals surface area contributed by atoms with Gasteiger partial charge in [-0.05, 0) is 35.4 Å². The summed E-state index contributed by atoms with van der Waals surface area (Å²) in [5.74, 6) is -1.09. The summed E-state index contributed by atoms with van der Waals surface area (Å²) in [6.07, 6.45) is 0.656. The number of hydrogen-bond acceptors (Lipinski definition) is 2. The highest BCUT2D eigenvalue weighted by Gasteiger charge is 2.06. The van der Waals surface area contributed by atoms with Gasteiger partial charge in [-0.1, -0.05) is 23.7 Å². The van der Waals surface area contributed by atoms with Crippen LogP contribution in [0.4, 0.5) is 4.39 Å². The molecular weight excluding hydrogens is 243 g/mol. The van der Waals surface area contributed by atoms with Crippen LogP contribution in [0.5, 0.6) is 5.75 Å². The number of benzene rings is 2. The number of aromatic hydroxyl groups is 1. The molecule has 17 heavy (non-hydrogen) atoms. The summed E-state index contributed by atoms with van der Waals surface area (Å²) in [5, 5.41) is 9.39. The van der Waals surface area contributed by atoms with Gasteiger partial charge in [-0.3, -0.25) is 4.79 Å². The molecule has 1 N–H and O–H groups in total. The van der Waals surface area contributed by atoms with Crippen molar-refractivity contribution in [2.75, 3.05) is 0 Å². The molecular formula is C13H8ClFO2. The molecule has 0 heterocycles. The lowest BCUT2D eigenvalue weighted by Crippen LogP contribution is -1.85. The molecule has 0 atom stereocenters. The maximum atomic E-state index is 13.2. The first-order chi connectivity index (χ1) is 8.11. The lowest BCUT2D eigenvalue weighted by Gasteiger charge is -2.04. The molecule has 0 bridgehead atoms. The van der Waals surface area contributed by atoms with Crippen LogP contribution in [-0.2, 0) is 0 Å². The first-order valence-corrected chi connectivity index (χ1v) is 5.23. The minimum absolute atomic E-state index is 0.311. The Morgan fingerprint density at radius 2 is 1.76 bits per heavy atom. The molecule has 0 aliphatic rings. The van der Waals surface area contributed by atoms with E-state index in [-0.39, 0.29) is 0 Å². The Morgan fingerprint density at radius 1 is 1.12 bits per heavy atom. The fourth-order valence-electron chi connectivity index (χ4n) is 1.49. The lowest BCUT2D eigenvalue weighted by atomic mass is 10.0. The molecule has 0 radical (unpaired) electrons. The molecule has 2 rings (SSSR count). The zero-order valence-corrected chi connectivity index (χ0v) is 9.41. The second-order valence-corrected chi connectivity index (χ2v) is 3.93. The average Bonchev–Trinajstić information content (AvgIpc) is 2.32. The van der Waals surface area contributed by atoms with Crippen LogP contribution in [0.1, 0.15) is 10.4 Å². The van der Waals surface area contributed by atoms with E-state index in [4.69, 9.17) is 16.7 Å². The summed E-state index contributed by atoms with van der Waals surface area (Å²) in [4.78, 5) is 10.6. The minimum atomic E-state index is -0.696. The fourth-order valence-corrected chi connectivity index (χ4v) is 1.71. The number of phenolic OH excluding ortho intramolecular Hbond substituents is 1. The average molecular weight is 251 g/mol. The Hall–Kier alpha value is -1.87. The van der Waals surface area contributed by atoms with E-state index in [0.29, 0.717) is 28.0 Å². The van der Waals surface area contributed by atoms with Crippen molar-refractivity contribution in [3.8, 4) is 16.9 Å². The molecule has 2 aromatic carbocycles. The van der Waals surface area contributed by atoms with E-state index in [1.807, 2.05) is 0 Å². The first kappa shape index (κ1) is 11.6. The highest BCUT2D eigenvalue weighted by atomic mass is 35.5. The summed E-state index contributed by atoms with van der Waals surface area (Å²) in [6.45, 7) is 0. The van der Waals surface area contributed by atoms with Crippen LogP contribution in [0.25, 0.3) is 11.1 Å². The van der Waals surface area contributed by atoms with Crippen molar-refractivity contribution in [1.82, 2.24) is 0 Å². The molecule has 0 amide bonds. The second kappa shape index (κ2) is 4.55. The van der Waals surface area contributed by atoms with Crippen LogP contribution < -0.4 is 0 Å². The molecule has 0 aliphatic heterocycles. The number of phenols is 1. The highest BCUT2D eigenvalue weighted by molar-refractivity contribution is 6.33. The maximum absolute atomic E-state index is 13.2. The molecule has 0 fully saturated rings. The van der Waals surface area contributed by atoms with E-state index in [0.717, 1.165) is 0 Å². The lowest BCUT2D eigenvalue weighted by molar-refractivity contribution is 0.112. The largest absolute Gasteiger partial charge is 0.505 e. The van der Waals surface area contributed by atoms with Crippen LogP contribution >= 0.6 is 11.6 Å². The van der Waals surface area contributed by atoms with Gasteiger partial charge in [0.25, 0.3) is 0 Å². The predicted octanol–water partition coefficient (Wildman–Crippen LogP) is 3.66. The summed E-state index contributed by atoms with van der Waals surface area (Å²) in [7, 11) is 0. The molecule has 2 aromatic rings. The molecule has 0 saturated carbocycles. The van der Waals surface area contributed by atoms with Gasteiger partial charge in [0.15, 0.2) is 17.9 Å². The summed E-state index contributed by atoms with van der Waals surface area (Å²) in [5.41, 5.74) is 1.65. The van der Waals surface area contributed by atoms with Crippen LogP contribution in [0.3, 0.4) is 0 Å². The Balaban J connectivity index is 2.49. The van der Waals surface area contributed by atoms with Crippen molar-refractivity contribution in [2.45, 2.75) is 0 Å². The summed E-state index contributed by atoms with van der Waals surface area (Å²) in [6, 6.07) is 8.87. The Kier molecular flexibility index (Phi) is 3.11. The maximum Gasteiger partial charge on any atom is 0.165 e. The smallest absolute Gasteiger partial charge is 0.165 e. The van der Waals surface area contributed by atoms with Crippen LogP contribution in [-0.4, -0.2) is 11.4 Å². The van der Waals surface area contributed by atoms with E-state index in [2.05, 4.69) is 0 Å². The summed E-state index contributed by atoms with van der Waals surface area (Å²) >= 11 is 5.88. The van der Waals surface area contributed by atoms with Crippen LogP contribution in [0, 0.1) is 5.82 Å². The van der Waals surface area contributed by atoms with Gasteiger partial charge in [-0.2, -0.15) is 0 Å². The monoisotopic (exact) mass is 250 g/mol. The molecule has 86 valence electrons. The molecule has 0 aliphatic carbocycles. The Bertz CT molecular complexity index is 582. The summed E-state index contributed by atoms with van der Waals surface area (Å²) < 4.78 is 13.2. The SMILES string of the molecule is O=Cc1ccc(-c2ccc(O)c(F)c2)cc1Cl. The van der Waals surface area contributed by atoms with Crippen molar-refractivity contribution < 1.29 is 14.3 Å². The molecule has 4 heteroatoms. The topological polar surface area (TPSA) is 37.3 Å². The van der Waals surface area contributed by atoms with E-state index in [1.54, 1.807) is 24.3 Å². The van der Waals surface area contributed by atoms with Crippen molar-refractivity contribution in [1.29, 1.82) is 0 Å². The third kappa shape index (κ3) is 2.29. The Morgan fingerprint density at radius 3 is 2.35 bits per heavy atom. The minimum Gasteiger partial charge on any atom is -0.505 e. The number of carbonyl (C=O) groups is 1. The van der Waals surface area contributed by atoms with Crippen molar-refractivity contribution in [3.05, 3.63) is 52.8 Å². The van der Waals surface area contributed by atoms with E-state index in [1.165, 1.54) is 12.1 Å². The highest BCUT2D eigenvalue weighted by Crippen LogP contribution is 2.27. The number of hydrogen-bond donors (Lipinski definition) is 1. The standard InChI is InChI=1S/C13H8ClFO2/c14-11-5-8(1-2-10(11)7-16)9-3-4-13(17)12(15)6-9/h1-7,17H. The molecule has 2 nitrogen and oxygen atoms in total. The van der Waals surface area contributed by atoms with Crippen molar-refractivity contribution >= 4 is 17.9 Å². The Labute approximate surface area is 102 Å². The zero-order chi connectivity index (χ0) is 12.4. The van der Waals surface area contributed by atoms with Gasteiger partial charge in [0.2, 0.25) is 0 Å². The normalized spacial score (nSPS) is 10.2. The fraction of sp³-hybridized carbons (Fsp3) is 0. The van der Waals surface area contributed by atoms with Gasteiger partial charge >= 0.3 is 0 Å². The van der Waals surface area contributed by atoms with E-state index in [9.17, 15) is 9.18 Å². The van der Waals surface area contributed by atoms with Gasteiger partial charge in [0.05, 0.1) is 5.02 Å². The number of rotatable bonds is 2. The van der Waals surface area contributed by atoms with E-state index < -0.39 is 11.6 Å². The van der Waals surface area contributed by atoms with Gasteiger partial charge < -0.3 is 5.11 Å². The molecule has 0 aromatic heterocycles. The van der Waals surface area contributed by atoms with Crippen LogP contribution in [0.15, 0.2) is 36.4 Å². The predicted molar refractivity (Wildman–Crippen MR) is 63.9 cm³/mol. The second-order valence-electron chi connectivity index (χ2n) is 3.52. The molecule has 0 unspecified atom stereocenters. The number of aldehydes is 1. The number of carbonyl (C=O) groups excluding carboxylic acids is 1. The van der Waals surface area contributed by atoms with Gasteiger partial charge in [-0.25, -0.2) is 4.39 Å². The van der Waals surface area contributed by atoms with Gasteiger partial charge in [0, 0.05) is 5.56 Å². The third-order valence-electron chi connectivity index (χ3n) is 2.41. The quantitative estimate of drug-likeness (QED) is 0.826. The van der Waals surface area contributed by atoms with Gasteiger partial charge in [0.1, 0.15) is 0 Å². The van der Waals surface area contributed by atoms with Crippen LogP contribution in [0.2, 0.25) is 5.02 Å². The molecule has 0 saturated heterocycles. The first-order valence-electron chi connectivity index (χ1n) is 4.85. The molecule has 0 spiro atoms. The van der Waals surface area contributed by atoms with Crippen molar-refractivity contribution in [2.24, 2.45) is 0 Å². The third-order valence-corrected chi connectivity index (χ3v) is 2.74.